The maximum atomic E-state index is 14.2. The molecule has 2 aromatic carbocycles. The Bertz CT molecular complexity index is 1060. The van der Waals surface area contributed by atoms with Crippen molar-refractivity contribution in [1.29, 1.82) is 0 Å². The number of hydrogen-bond donors (Lipinski definition) is 3. The number of aryl methyl sites for hydroxylation is 1. The van der Waals surface area contributed by atoms with Crippen molar-refractivity contribution in [2.24, 2.45) is 0 Å². The number of nitrogens with one attached hydrogen (secondary N) is 2. The van der Waals surface area contributed by atoms with Crippen LogP contribution in [0, 0.1) is 17.5 Å². The van der Waals surface area contributed by atoms with E-state index in [9.17, 15) is 31.1 Å². The lowest BCUT2D eigenvalue weighted by Crippen LogP contribution is -2.47. The van der Waals surface area contributed by atoms with Crippen LogP contribution < -0.4 is 5.32 Å². The monoisotopic (exact) mass is 430 g/mol. The lowest BCUT2D eigenvalue weighted by Gasteiger charge is -2.19. The Balaban J connectivity index is 1.94. The van der Waals surface area contributed by atoms with Crippen LogP contribution in [0.3, 0.4) is 0 Å². The number of halogens is 6. The fraction of sp³-hybridized carbons (Fsp3) is 0.250. The van der Waals surface area contributed by atoms with E-state index in [0.717, 1.165) is 18.2 Å². The molecule has 3 N–H and O–H groups in total. The lowest BCUT2D eigenvalue weighted by molar-refractivity contribution is -0.168. The summed E-state index contributed by atoms with van der Waals surface area (Å²) < 4.78 is 79.4. The molecule has 1 aromatic heterocycles. The number of rotatable bonds is 6. The summed E-state index contributed by atoms with van der Waals surface area (Å²) in [6, 6.07) is 4.39. The van der Waals surface area contributed by atoms with Gasteiger partial charge in [-0.25, -0.2) is 13.2 Å². The van der Waals surface area contributed by atoms with Gasteiger partial charge in [0, 0.05) is 23.6 Å². The summed E-state index contributed by atoms with van der Waals surface area (Å²) in [6.45, 7) is -1.32. The molecule has 0 saturated heterocycles. The van der Waals surface area contributed by atoms with Gasteiger partial charge >= 0.3 is 6.18 Å². The van der Waals surface area contributed by atoms with Crippen LogP contribution in [0.2, 0.25) is 0 Å². The van der Waals surface area contributed by atoms with E-state index in [0.29, 0.717) is 11.6 Å². The molecule has 1 atom stereocenters. The van der Waals surface area contributed by atoms with E-state index in [1.165, 1.54) is 12.1 Å². The van der Waals surface area contributed by atoms with Crippen LogP contribution in [0.15, 0.2) is 36.4 Å². The average molecular weight is 430 g/mol. The summed E-state index contributed by atoms with van der Waals surface area (Å²) in [7, 11) is 0. The van der Waals surface area contributed by atoms with Gasteiger partial charge in [0.15, 0.2) is 0 Å². The van der Waals surface area contributed by atoms with Crippen LogP contribution in [-0.2, 0) is 11.2 Å². The van der Waals surface area contributed by atoms with Gasteiger partial charge in [-0.15, -0.1) is 0 Å². The maximum Gasteiger partial charge on any atom is 0.410 e. The van der Waals surface area contributed by atoms with Crippen molar-refractivity contribution in [1.82, 2.24) is 10.3 Å². The van der Waals surface area contributed by atoms with Gasteiger partial charge in [-0.2, -0.15) is 13.2 Å². The molecule has 30 heavy (non-hydrogen) atoms. The van der Waals surface area contributed by atoms with Gasteiger partial charge in [-0.1, -0.05) is 0 Å². The zero-order valence-electron chi connectivity index (χ0n) is 15.3. The predicted molar refractivity (Wildman–Crippen MR) is 97.0 cm³/mol. The molecule has 10 heteroatoms. The Morgan fingerprint density at radius 1 is 1.07 bits per heavy atom. The van der Waals surface area contributed by atoms with Crippen LogP contribution in [0.4, 0.5) is 26.3 Å². The molecule has 3 rings (SSSR count). The minimum atomic E-state index is -4.82. The first-order valence-corrected chi connectivity index (χ1v) is 8.82. The number of aromatic nitrogens is 1. The van der Waals surface area contributed by atoms with Crippen LogP contribution >= 0.6 is 0 Å². The molecule has 0 saturated carbocycles. The van der Waals surface area contributed by atoms with Gasteiger partial charge in [0.1, 0.15) is 23.5 Å². The second-order valence-electron chi connectivity index (χ2n) is 6.64. The average Bonchev–Trinajstić information content (AvgIpc) is 3.02. The number of aromatic amines is 1. The Morgan fingerprint density at radius 2 is 1.73 bits per heavy atom. The summed E-state index contributed by atoms with van der Waals surface area (Å²) in [4.78, 5) is 14.8. The number of alkyl halides is 3. The number of carbonyl (C=O) groups excluding carboxylic acids is 1. The third-order valence-corrected chi connectivity index (χ3v) is 4.58. The summed E-state index contributed by atoms with van der Waals surface area (Å²) in [5, 5.41) is 10.6. The quantitative estimate of drug-likeness (QED) is 0.513. The summed E-state index contributed by atoms with van der Waals surface area (Å²) in [5.74, 6) is -3.27. The van der Waals surface area contributed by atoms with Crippen molar-refractivity contribution in [3.05, 3.63) is 59.4 Å². The third kappa shape index (κ3) is 4.59. The summed E-state index contributed by atoms with van der Waals surface area (Å²) in [5.41, 5.74) is 0.954. The molecule has 1 heterocycles. The highest BCUT2D eigenvalue weighted by molar-refractivity contribution is 5.92. The number of H-pyrrole nitrogens is 1. The molecule has 0 fully saturated rings. The highest BCUT2D eigenvalue weighted by Crippen LogP contribution is 2.33. The minimum absolute atomic E-state index is 0.0466. The van der Waals surface area contributed by atoms with E-state index in [2.05, 4.69) is 4.98 Å². The Morgan fingerprint density at radius 3 is 2.33 bits per heavy atom. The fourth-order valence-corrected chi connectivity index (χ4v) is 3.13. The van der Waals surface area contributed by atoms with Crippen LogP contribution in [0.1, 0.15) is 12.0 Å². The van der Waals surface area contributed by atoms with Crippen molar-refractivity contribution in [3.8, 4) is 11.3 Å². The smallest absolute Gasteiger partial charge is 0.394 e. The number of amides is 1. The van der Waals surface area contributed by atoms with Crippen LogP contribution in [0.5, 0.6) is 0 Å². The molecule has 0 bridgehead atoms. The normalized spacial score (nSPS) is 12.9. The van der Waals surface area contributed by atoms with E-state index >= 15 is 0 Å². The van der Waals surface area contributed by atoms with Crippen LogP contribution in [0.25, 0.3) is 22.2 Å². The van der Waals surface area contributed by atoms with Crippen molar-refractivity contribution in [2.45, 2.75) is 25.1 Å². The Kier molecular flexibility index (Phi) is 6.06. The van der Waals surface area contributed by atoms with Crippen molar-refractivity contribution in [2.75, 3.05) is 6.61 Å². The van der Waals surface area contributed by atoms with E-state index in [1.807, 2.05) is 0 Å². The standard InChI is InChI=1S/C20H16F6N2O2/c21-11-3-1-10(2-4-11)18-13(14-7-12(22)8-15(23)19(14)28-18)5-6-17(30)27-16(9-29)20(24,25)26/h1-4,7-8,16,28-29H,5-6,9H2,(H,27,30). The molecule has 0 aliphatic rings. The molecular formula is C20H16F6N2O2. The van der Waals surface area contributed by atoms with Gasteiger partial charge < -0.3 is 15.4 Å². The maximum absolute atomic E-state index is 14.2. The Labute approximate surface area is 166 Å². The summed E-state index contributed by atoms with van der Waals surface area (Å²) in [6.07, 6.45) is -5.42. The second-order valence-corrected chi connectivity index (χ2v) is 6.64. The molecule has 0 radical (unpaired) electrons. The number of aliphatic hydroxyl groups is 1. The van der Waals surface area contributed by atoms with Crippen molar-refractivity contribution in [3.63, 3.8) is 0 Å². The Hall–Kier alpha value is -3.01. The van der Waals surface area contributed by atoms with E-state index < -0.39 is 48.6 Å². The number of aliphatic hydroxyl groups excluding tert-OH is 1. The molecule has 0 spiro atoms. The molecule has 1 amide bonds. The molecule has 0 aliphatic heterocycles. The predicted octanol–water partition coefficient (Wildman–Crippen LogP) is 4.22. The topological polar surface area (TPSA) is 65.1 Å². The van der Waals surface area contributed by atoms with Gasteiger partial charge in [0.25, 0.3) is 0 Å². The first-order chi connectivity index (χ1) is 14.1. The van der Waals surface area contributed by atoms with Crippen molar-refractivity contribution < 1.29 is 36.2 Å². The largest absolute Gasteiger partial charge is 0.410 e. The lowest BCUT2D eigenvalue weighted by atomic mass is 10.0. The number of hydrogen-bond acceptors (Lipinski definition) is 2. The molecule has 1 unspecified atom stereocenters. The highest BCUT2D eigenvalue weighted by atomic mass is 19.4. The van der Waals surface area contributed by atoms with Gasteiger partial charge in [-0.3, -0.25) is 4.79 Å². The second kappa shape index (κ2) is 8.39. The van der Waals surface area contributed by atoms with E-state index in [-0.39, 0.29) is 28.6 Å². The summed E-state index contributed by atoms with van der Waals surface area (Å²) >= 11 is 0. The SMILES string of the molecule is O=C(CCc1c(-c2ccc(F)cc2)[nH]c2c(F)cc(F)cc12)NC(CO)C(F)(F)F. The van der Waals surface area contributed by atoms with E-state index in [1.54, 1.807) is 5.32 Å². The number of fused-ring (bicyclic) bond motifs is 1. The molecule has 160 valence electrons. The number of benzene rings is 2. The zero-order valence-corrected chi connectivity index (χ0v) is 15.3. The third-order valence-electron chi connectivity index (χ3n) is 4.58. The van der Waals surface area contributed by atoms with Crippen molar-refractivity contribution >= 4 is 16.8 Å². The van der Waals surface area contributed by atoms with Gasteiger partial charge in [0.2, 0.25) is 5.91 Å². The molecular weight excluding hydrogens is 414 g/mol. The minimum Gasteiger partial charge on any atom is -0.394 e. The highest BCUT2D eigenvalue weighted by Gasteiger charge is 2.40. The first-order valence-electron chi connectivity index (χ1n) is 8.82. The van der Waals surface area contributed by atoms with Gasteiger partial charge in [0.05, 0.1) is 12.1 Å². The molecule has 0 aliphatic carbocycles. The van der Waals surface area contributed by atoms with Crippen LogP contribution in [-0.4, -0.2) is 34.8 Å². The first kappa shape index (κ1) is 21.7. The molecule has 3 aromatic rings. The molecule has 4 nitrogen and oxygen atoms in total. The van der Waals surface area contributed by atoms with E-state index in [4.69, 9.17) is 5.11 Å². The zero-order chi connectivity index (χ0) is 22.1. The fourth-order valence-electron chi connectivity index (χ4n) is 3.13. The number of carbonyl (C=O) groups is 1. The van der Waals surface area contributed by atoms with Gasteiger partial charge in [-0.05, 0) is 47.9 Å².